The largest absolute Gasteiger partial charge is 0.347 e. The lowest BCUT2D eigenvalue weighted by Gasteiger charge is -2.09. The van der Waals surface area contributed by atoms with E-state index in [-0.39, 0.29) is 12.5 Å². The van der Waals surface area contributed by atoms with Crippen molar-refractivity contribution >= 4 is 17.7 Å². The number of hydrogen-bond acceptors (Lipinski definition) is 4. The van der Waals surface area contributed by atoms with Crippen LogP contribution in [0.15, 0.2) is 0 Å². The first-order chi connectivity index (χ1) is 5.99. The lowest BCUT2D eigenvalue weighted by molar-refractivity contribution is -0.140. The lowest BCUT2D eigenvalue weighted by atomic mass is 10.5. The molecule has 0 heterocycles. The molecular weight excluding hydrogens is 176 g/mol. The molecular formula is C6H12N4O3. The van der Waals surface area contributed by atoms with Crippen molar-refractivity contribution in [2.24, 2.45) is 5.84 Å². The van der Waals surface area contributed by atoms with Crippen molar-refractivity contribution < 1.29 is 14.4 Å². The molecule has 0 bridgehead atoms. The molecule has 0 spiro atoms. The second-order valence-electron chi connectivity index (χ2n) is 2.44. The average molecular weight is 188 g/mol. The Morgan fingerprint density at radius 2 is 1.77 bits per heavy atom. The Morgan fingerprint density at radius 3 is 2.15 bits per heavy atom. The fourth-order valence-corrected chi connectivity index (χ4v) is 0.460. The van der Waals surface area contributed by atoms with Crippen LogP contribution in [-0.2, 0) is 14.4 Å². The van der Waals surface area contributed by atoms with Gasteiger partial charge in [0.25, 0.3) is 0 Å². The van der Waals surface area contributed by atoms with Gasteiger partial charge in [0.2, 0.25) is 5.91 Å². The fourth-order valence-electron chi connectivity index (χ4n) is 0.460. The minimum absolute atomic E-state index is 0.223. The van der Waals surface area contributed by atoms with E-state index in [1.165, 1.54) is 19.0 Å². The summed E-state index contributed by atoms with van der Waals surface area (Å²) in [6.45, 7) is -0.223. The normalized spacial score (nSPS) is 8.85. The maximum Gasteiger partial charge on any atom is 0.323 e. The van der Waals surface area contributed by atoms with Crippen LogP contribution in [-0.4, -0.2) is 43.3 Å². The predicted molar refractivity (Wildman–Crippen MR) is 44.0 cm³/mol. The number of amides is 3. The number of hydrazine groups is 1. The van der Waals surface area contributed by atoms with Gasteiger partial charge in [-0.05, 0) is 0 Å². The molecule has 7 heteroatoms. The number of nitrogens with one attached hydrogen (secondary N) is 2. The van der Waals surface area contributed by atoms with E-state index in [0.717, 1.165) is 0 Å². The minimum atomic E-state index is -0.980. The van der Waals surface area contributed by atoms with Crippen LogP contribution in [0.2, 0.25) is 0 Å². The van der Waals surface area contributed by atoms with E-state index in [1.54, 1.807) is 5.43 Å². The van der Waals surface area contributed by atoms with E-state index >= 15 is 0 Å². The molecule has 7 nitrogen and oxygen atoms in total. The Bertz CT molecular complexity index is 226. The van der Waals surface area contributed by atoms with Gasteiger partial charge in [-0.3, -0.25) is 19.8 Å². The zero-order valence-electron chi connectivity index (χ0n) is 7.46. The molecule has 0 aromatic heterocycles. The Balaban J connectivity index is 3.84. The van der Waals surface area contributed by atoms with Gasteiger partial charge in [-0.2, -0.15) is 0 Å². The highest BCUT2D eigenvalue weighted by molar-refractivity contribution is 6.35. The third kappa shape index (κ3) is 4.06. The van der Waals surface area contributed by atoms with Crippen molar-refractivity contribution in [2.45, 2.75) is 0 Å². The van der Waals surface area contributed by atoms with E-state index in [9.17, 15) is 14.4 Å². The molecule has 0 aliphatic heterocycles. The number of hydrogen-bond donors (Lipinski definition) is 3. The monoisotopic (exact) mass is 188 g/mol. The summed E-state index contributed by atoms with van der Waals surface area (Å²) in [5, 5.41) is 2.09. The summed E-state index contributed by atoms with van der Waals surface area (Å²) in [5.74, 6) is 2.46. The SMILES string of the molecule is CN(C)C(=O)CNC(=O)C(=O)NN. The topological polar surface area (TPSA) is 105 Å². The molecule has 74 valence electrons. The van der Waals surface area contributed by atoms with Crippen LogP contribution >= 0.6 is 0 Å². The molecule has 13 heavy (non-hydrogen) atoms. The number of rotatable bonds is 2. The highest BCUT2D eigenvalue weighted by Crippen LogP contribution is 1.75. The molecule has 0 aromatic carbocycles. The highest BCUT2D eigenvalue weighted by Gasteiger charge is 2.13. The number of nitrogens with zero attached hydrogens (tertiary/aromatic N) is 1. The van der Waals surface area contributed by atoms with Gasteiger partial charge < -0.3 is 10.2 Å². The fraction of sp³-hybridized carbons (Fsp3) is 0.500. The third-order valence-electron chi connectivity index (χ3n) is 1.24. The molecule has 0 fully saturated rings. The van der Waals surface area contributed by atoms with Crippen molar-refractivity contribution in [3.63, 3.8) is 0 Å². The molecule has 0 radical (unpaired) electrons. The first-order valence-electron chi connectivity index (χ1n) is 3.48. The van der Waals surface area contributed by atoms with Crippen LogP contribution in [0.3, 0.4) is 0 Å². The highest BCUT2D eigenvalue weighted by atomic mass is 16.2. The molecule has 0 saturated heterocycles. The lowest BCUT2D eigenvalue weighted by Crippen LogP contribution is -2.46. The molecule has 0 atom stereocenters. The van der Waals surface area contributed by atoms with Crippen molar-refractivity contribution in [1.29, 1.82) is 0 Å². The number of likely N-dealkylation sites (N-methyl/N-ethyl adjacent to an activating group) is 1. The van der Waals surface area contributed by atoms with Gasteiger partial charge in [0.1, 0.15) is 0 Å². The van der Waals surface area contributed by atoms with Crippen LogP contribution in [0.5, 0.6) is 0 Å². The summed E-state index contributed by atoms with van der Waals surface area (Å²) in [4.78, 5) is 33.4. The van der Waals surface area contributed by atoms with Crippen LogP contribution in [0.25, 0.3) is 0 Å². The number of carbonyl (C=O) groups excluding carboxylic acids is 3. The van der Waals surface area contributed by atoms with Gasteiger partial charge in [0.05, 0.1) is 6.54 Å². The van der Waals surface area contributed by atoms with E-state index in [1.807, 2.05) is 0 Å². The van der Waals surface area contributed by atoms with Crippen LogP contribution in [0.4, 0.5) is 0 Å². The molecule has 0 unspecified atom stereocenters. The van der Waals surface area contributed by atoms with Crippen molar-refractivity contribution in [2.75, 3.05) is 20.6 Å². The Hall–Kier alpha value is -1.63. The van der Waals surface area contributed by atoms with Crippen molar-refractivity contribution in [3.05, 3.63) is 0 Å². The summed E-state index contributed by atoms with van der Waals surface area (Å²) < 4.78 is 0. The second kappa shape index (κ2) is 5.09. The predicted octanol–water partition coefficient (Wildman–Crippen LogP) is -2.82. The molecule has 3 amide bonds. The van der Waals surface area contributed by atoms with Crippen molar-refractivity contribution in [1.82, 2.24) is 15.6 Å². The second-order valence-corrected chi connectivity index (χ2v) is 2.44. The molecule has 0 aliphatic rings. The maximum atomic E-state index is 10.9. The van der Waals surface area contributed by atoms with Crippen LogP contribution < -0.4 is 16.6 Å². The van der Waals surface area contributed by atoms with E-state index in [4.69, 9.17) is 0 Å². The maximum absolute atomic E-state index is 10.9. The smallest absolute Gasteiger partial charge is 0.323 e. The molecule has 0 aliphatic carbocycles. The molecule has 0 saturated carbocycles. The van der Waals surface area contributed by atoms with E-state index in [2.05, 4.69) is 11.2 Å². The molecule has 4 N–H and O–H groups in total. The van der Waals surface area contributed by atoms with Gasteiger partial charge in [-0.1, -0.05) is 0 Å². The zero-order valence-corrected chi connectivity index (χ0v) is 7.46. The van der Waals surface area contributed by atoms with E-state index < -0.39 is 11.8 Å². The summed E-state index contributed by atoms with van der Waals surface area (Å²) in [7, 11) is 3.08. The van der Waals surface area contributed by atoms with Crippen LogP contribution in [0, 0.1) is 0 Å². The molecule has 0 aromatic rings. The summed E-state index contributed by atoms with van der Waals surface area (Å²) >= 11 is 0. The molecule has 0 rings (SSSR count). The Kier molecular flexibility index (Phi) is 4.45. The quantitative estimate of drug-likeness (QED) is 0.188. The first-order valence-corrected chi connectivity index (χ1v) is 3.48. The van der Waals surface area contributed by atoms with Gasteiger partial charge in [0.15, 0.2) is 0 Å². The number of nitrogens with two attached hydrogens (primary N) is 1. The summed E-state index contributed by atoms with van der Waals surface area (Å²) in [5.41, 5.74) is 1.64. The number of carbonyl (C=O) groups is 3. The van der Waals surface area contributed by atoms with Gasteiger partial charge >= 0.3 is 11.8 Å². The van der Waals surface area contributed by atoms with E-state index in [0.29, 0.717) is 0 Å². The Labute approximate surface area is 75.2 Å². The minimum Gasteiger partial charge on any atom is -0.347 e. The van der Waals surface area contributed by atoms with Gasteiger partial charge in [-0.25, -0.2) is 5.84 Å². The Morgan fingerprint density at radius 1 is 1.23 bits per heavy atom. The summed E-state index contributed by atoms with van der Waals surface area (Å²) in [6, 6.07) is 0. The van der Waals surface area contributed by atoms with Gasteiger partial charge in [-0.15, -0.1) is 0 Å². The zero-order chi connectivity index (χ0) is 10.4. The van der Waals surface area contributed by atoms with Crippen molar-refractivity contribution in [3.8, 4) is 0 Å². The van der Waals surface area contributed by atoms with Crippen LogP contribution in [0.1, 0.15) is 0 Å². The first kappa shape index (κ1) is 11.4. The summed E-state index contributed by atoms with van der Waals surface area (Å²) in [6.07, 6.45) is 0. The van der Waals surface area contributed by atoms with Gasteiger partial charge in [0, 0.05) is 14.1 Å². The average Bonchev–Trinajstić information content (AvgIpc) is 2.11. The standard InChI is InChI=1S/C6H12N4O3/c1-10(2)4(11)3-8-5(12)6(13)9-7/h3,7H2,1-2H3,(H,8,12)(H,9,13). The third-order valence-corrected chi connectivity index (χ3v) is 1.24.